The fraction of sp³-hybridized carbons (Fsp3) is 0.286. The standard InChI is InChI=1S/C21H19F3N4O3/c1-10-18(11(2)31-27-10)16-3-4-17(26-16)21(30)28-6-5-12(9-28)20(29)25-13-7-14(22)19(24)15(23)8-13/h3-4,7-8,12,26H,5-6,9H2,1-2H3,(H,25,29)/t12-/m0/s1. The van der Waals surface area contributed by atoms with E-state index in [0.29, 0.717) is 47.9 Å². The van der Waals surface area contributed by atoms with Gasteiger partial charge in [-0.2, -0.15) is 0 Å². The van der Waals surface area contributed by atoms with E-state index in [-0.39, 0.29) is 18.1 Å². The lowest BCUT2D eigenvalue weighted by molar-refractivity contribution is -0.119. The molecule has 1 fully saturated rings. The Balaban J connectivity index is 1.42. The summed E-state index contributed by atoms with van der Waals surface area (Å²) in [6, 6.07) is 4.84. The average Bonchev–Trinajstić information content (AvgIpc) is 3.46. The van der Waals surface area contributed by atoms with Gasteiger partial charge in [-0.25, -0.2) is 13.2 Å². The van der Waals surface area contributed by atoms with Crippen LogP contribution >= 0.6 is 0 Å². The van der Waals surface area contributed by atoms with E-state index < -0.39 is 29.3 Å². The van der Waals surface area contributed by atoms with Crippen molar-refractivity contribution in [3.8, 4) is 11.3 Å². The third-order valence-corrected chi connectivity index (χ3v) is 5.32. The number of halogens is 3. The van der Waals surface area contributed by atoms with Crippen molar-refractivity contribution in [2.75, 3.05) is 18.4 Å². The van der Waals surface area contributed by atoms with Crippen LogP contribution in [0.25, 0.3) is 11.3 Å². The highest BCUT2D eigenvalue weighted by Crippen LogP contribution is 2.27. The zero-order chi connectivity index (χ0) is 22.3. The predicted molar refractivity (Wildman–Crippen MR) is 105 cm³/mol. The summed E-state index contributed by atoms with van der Waals surface area (Å²) in [5, 5.41) is 6.28. The van der Waals surface area contributed by atoms with Gasteiger partial charge in [-0.3, -0.25) is 9.59 Å². The van der Waals surface area contributed by atoms with Crippen molar-refractivity contribution >= 4 is 17.5 Å². The largest absolute Gasteiger partial charge is 0.361 e. The first-order valence-electron chi connectivity index (χ1n) is 9.61. The Morgan fingerprint density at radius 3 is 2.55 bits per heavy atom. The molecule has 2 aromatic heterocycles. The number of aromatic amines is 1. The number of carbonyl (C=O) groups is 2. The van der Waals surface area contributed by atoms with Crippen LogP contribution in [0.15, 0.2) is 28.8 Å². The molecular weight excluding hydrogens is 413 g/mol. The Bertz CT molecular complexity index is 1130. The third-order valence-electron chi connectivity index (χ3n) is 5.32. The Labute approximate surface area is 175 Å². The van der Waals surface area contributed by atoms with Gasteiger partial charge in [0.25, 0.3) is 5.91 Å². The van der Waals surface area contributed by atoms with Crippen molar-refractivity contribution in [2.45, 2.75) is 20.3 Å². The summed E-state index contributed by atoms with van der Waals surface area (Å²) >= 11 is 0. The normalized spacial score (nSPS) is 16.0. The van der Waals surface area contributed by atoms with E-state index in [1.165, 1.54) is 4.90 Å². The van der Waals surface area contributed by atoms with Crippen molar-refractivity contribution in [1.82, 2.24) is 15.0 Å². The summed E-state index contributed by atoms with van der Waals surface area (Å²) in [6.07, 6.45) is 0.390. The molecule has 2 amide bonds. The molecule has 3 aromatic rings. The number of carbonyl (C=O) groups excluding carboxylic acids is 2. The number of aromatic nitrogens is 2. The van der Waals surface area contributed by atoms with Crippen LogP contribution in [-0.2, 0) is 4.79 Å². The highest BCUT2D eigenvalue weighted by atomic mass is 19.2. The predicted octanol–water partition coefficient (Wildman–Crippen LogP) is 3.80. The first-order chi connectivity index (χ1) is 14.7. The molecule has 0 saturated carbocycles. The molecule has 0 unspecified atom stereocenters. The minimum Gasteiger partial charge on any atom is -0.361 e. The lowest BCUT2D eigenvalue weighted by Gasteiger charge is -2.16. The molecule has 0 bridgehead atoms. The van der Waals surface area contributed by atoms with Crippen molar-refractivity contribution in [3.63, 3.8) is 0 Å². The van der Waals surface area contributed by atoms with E-state index in [4.69, 9.17) is 4.52 Å². The molecule has 3 heterocycles. The highest BCUT2D eigenvalue weighted by Gasteiger charge is 2.32. The molecule has 0 spiro atoms. The maximum absolute atomic E-state index is 13.3. The van der Waals surface area contributed by atoms with Crippen LogP contribution in [-0.4, -0.2) is 39.9 Å². The Morgan fingerprint density at radius 1 is 1.19 bits per heavy atom. The van der Waals surface area contributed by atoms with Crippen LogP contribution in [0.5, 0.6) is 0 Å². The van der Waals surface area contributed by atoms with Crippen LogP contribution in [0.4, 0.5) is 18.9 Å². The monoisotopic (exact) mass is 432 g/mol. The number of H-pyrrole nitrogens is 1. The number of amides is 2. The van der Waals surface area contributed by atoms with Gasteiger partial charge in [0.05, 0.1) is 22.9 Å². The molecular formula is C21H19F3N4O3. The molecule has 162 valence electrons. The number of anilines is 1. The van der Waals surface area contributed by atoms with Crippen molar-refractivity contribution in [2.24, 2.45) is 5.92 Å². The zero-order valence-corrected chi connectivity index (χ0v) is 16.8. The second-order valence-corrected chi connectivity index (χ2v) is 7.46. The van der Waals surface area contributed by atoms with Crippen molar-refractivity contribution in [3.05, 3.63) is 58.9 Å². The molecule has 1 aromatic carbocycles. The van der Waals surface area contributed by atoms with Gasteiger partial charge in [0.1, 0.15) is 11.5 Å². The van der Waals surface area contributed by atoms with Gasteiger partial charge in [0.2, 0.25) is 5.91 Å². The quantitative estimate of drug-likeness (QED) is 0.614. The van der Waals surface area contributed by atoms with Crippen LogP contribution in [0, 0.1) is 37.2 Å². The molecule has 0 aliphatic carbocycles. The Kier molecular flexibility index (Phi) is 5.30. The van der Waals surface area contributed by atoms with E-state index >= 15 is 0 Å². The van der Waals surface area contributed by atoms with Crippen LogP contribution < -0.4 is 5.32 Å². The third kappa shape index (κ3) is 3.92. The smallest absolute Gasteiger partial charge is 0.270 e. The number of rotatable bonds is 4. The topological polar surface area (TPSA) is 91.2 Å². The minimum atomic E-state index is -1.60. The van der Waals surface area contributed by atoms with Gasteiger partial charge in [0, 0.05) is 30.9 Å². The maximum atomic E-state index is 13.3. The molecule has 0 radical (unpaired) electrons. The highest BCUT2D eigenvalue weighted by molar-refractivity contribution is 5.96. The van der Waals surface area contributed by atoms with E-state index in [0.717, 1.165) is 5.56 Å². The Morgan fingerprint density at radius 2 is 1.90 bits per heavy atom. The summed E-state index contributed by atoms with van der Waals surface area (Å²) in [5.41, 5.74) is 2.37. The Hall–Kier alpha value is -3.56. The van der Waals surface area contributed by atoms with Gasteiger partial charge in [-0.15, -0.1) is 0 Å². The van der Waals surface area contributed by atoms with Gasteiger partial charge < -0.3 is 19.7 Å². The van der Waals surface area contributed by atoms with E-state index in [2.05, 4.69) is 15.5 Å². The number of likely N-dealkylation sites (tertiary alicyclic amines) is 1. The summed E-state index contributed by atoms with van der Waals surface area (Å²) < 4.78 is 44.9. The first-order valence-corrected chi connectivity index (χ1v) is 9.61. The summed E-state index contributed by atoms with van der Waals surface area (Å²) in [5.74, 6) is -5.07. The molecule has 1 atom stereocenters. The van der Waals surface area contributed by atoms with Gasteiger partial charge in [-0.05, 0) is 32.4 Å². The first kappa shape index (κ1) is 20.7. The van der Waals surface area contributed by atoms with E-state index in [9.17, 15) is 22.8 Å². The minimum absolute atomic E-state index is 0.149. The number of hydrogen-bond acceptors (Lipinski definition) is 4. The van der Waals surface area contributed by atoms with E-state index in [1.807, 2.05) is 0 Å². The fourth-order valence-electron chi connectivity index (χ4n) is 3.73. The second kappa shape index (κ2) is 7.93. The average molecular weight is 432 g/mol. The van der Waals surface area contributed by atoms with Crippen LogP contribution in [0.3, 0.4) is 0 Å². The van der Waals surface area contributed by atoms with Crippen LogP contribution in [0.2, 0.25) is 0 Å². The zero-order valence-electron chi connectivity index (χ0n) is 16.8. The lowest BCUT2D eigenvalue weighted by atomic mass is 10.1. The lowest BCUT2D eigenvalue weighted by Crippen LogP contribution is -2.31. The van der Waals surface area contributed by atoms with Crippen LogP contribution in [0.1, 0.15) is 28.4 Å². The number of nitrogens with zero attached hydrogens (tertiary/aromatic N) is 2. The molecule has 4 rings (SSSR count). The van der Waals surface area contributed by atoms with Crippen molar-refractivity contribution in [1.29, 1.82) is 0 Å². The molecule has 2 N–H and O–H groups in total. The molecule has 31 heavy (non-hydrogen) atoms. The number of aryl methyl sites for hydroxylation is 2. The second-order valence-electron chi connectivity index (χ2n) is 7.46. The summed E-state index contributed by atoms with van der Waals surface area (Å²) in [4.78, 5) is 29.9. The molecule has 1 aliphatic rings. The summed E-state index contributed by atoms with van der Waals surface area (Å²) in [7, 11) is 0. The van der Waals surface area contributed by atoms with Gasteiger partial charge in [0.15, 0.2) is 17.5 Å². The summed E-state index contributed by atoms with van der Waals surface area (Å²) in [6.45, 7) is 4.08. The molecule has 1 aliphatic heterocycles. The molecule has 1 saturated heterocycles. The maximum Gasteiger partial charge on any atom is 0.270 e. The number of benzene rings is 1. The number of hydrogen-bond donors (Lipinski definition) is 2. The number of nitrogens with one attached hydrogen (secondary N) is 2. The van der Waals surface area contributed by atoms with Gasteiger partial charge in [-0.1, -0.05) is 5.16 Å². The van der Waals surface area contributed by atoms with Crippen molar-refractivity contribution < 1.29 is 27.3 Å². The molecule has 10 heteroatoms. The molecule has 7 nitrogen and oxygen atoms in total. The van der Waals surface area contributed by atoms with Gasteiger partial charge >= 0.3 is 0 Å². The fourth-order valence-corrected chi connectivity index (χ4v) is 3.73. The van der Waals surface area contributed by atoms with E-state index in [1.54, 1.807) is 26.0 Å². The SMILES string of the molecule is Cc1noc(C)c1-c1ccc(C(=O)N2CC[C@H](C(=O)Nc3cc(F)c(F)c(F)c3)C2)[nH]1.